The van der Waals surface area contributed by atoms with Crippen molar-refractivity contribution in [1.82, 2.24) is 10.2 Å². The molecule has 0 saturated heterocycles. The Balaban J connectivity index is 2.76. The summed E-state index contributed by atoms with van der Waals surface area (Å²) in [6.07, 6.45) is 0.101. The zero-order valence-electron chi connectivity index (χ0n) is 9.56. The molecule has 6 nitrogen and oxygen atoms in total. The Hall–Kier alpha value is -2.68. The zero-order chi connectivity index (χ0) is 13.1. The van der Waals surface area contributed by atoms with Crippen molar-refractivity contribution in [2.75, 3.05) is 0 Å². The molecule has 90 valence electrons. The second kappa shape index (κ2) is 4.67. The standard InChI is InChI=1S/C12H9N3O3/c1-7(16)18-12-9-4-2-3-8(5-6-13)10(9)11(17)14-15-12/h2-4H,5H2,1H3,(H,14,17). The van der Waals surface area contributed by atoms with Crippen molar-refractivity contribution < 1.29 is 9.53 Å². The predicted molar refractivity (Wildman–Crippen MR) is 63.0 cm³/mol. The molecule has 0 atom stereocenters. The van der Waals surface area contributed by atoms with Gasteiger partial charge in [0.1, 0.15) is 0 Å². The molecule has 0 spiro atoms. The molecule has 18 heavy (non-hydrogen) atoms. The maximum atomic E-state index is 11.7. The number of carbonyl (C=O) groups excluding carboxylic acids is 1. The molecule has 0 amide bonds. The van der Waals surface area contributed by atoms with Gasteiger partial charge >= 0.3 is 5.97 Å². The number of aromatic nitrogens is 2. The zero-order valence-corrected chi connectivity index (χ0v) is 9.56. The number of fused-ring (bicyclic) bond motifs is 1. The Kier molecular flexibility index (Phi) is 3.06. The van der Waals surface area contributed by atoms with E-state index < -0.39 is 11.5 Å². The Morgan fingerprint density at radius 2 is 2.33 bits per heavy atom. The average Bonchev–Trinajstić information content (AvgIpc) is 2.33. The Morgan fingerprint density at radius 3 is 3.00 bits per heavy atom. The highest BCUT2D eigenvalue weighted by Crippen LogP contribution is 2.22. The van der Waals surface area contributed by atoms with Crippen LogP contribution in [0.3, 0.4) is 0 Å². The van der Waals surface area contributed by atoms with E-state index >= 15 is 0 Å². The van der Waals surface area contributed by atoms with Crippen molar-refractivity contribution in [3.8, 4) is 11.9 Å². The average molecular weight is 243 g/mol. The van der Waals surface area contributed by atoms with Gasteiger partial charge in [0.25, 0.3) is 5.56 Å². The van der Waals surface area contributed by atoms with Crippen LogP contribution in [0.15, 0.2) is 23.0 Å². The molecule has 0 aliphatic heterocycles. The van der Waals surface area contributed by atoms with Gasteiger partial charge < -0.3 is 4.74 Å². The second-order valence-corrected chi connectivity index (χ2v) is 3.63. The lowest BCUT2D eigenvalue weighted by Gasteiger charge is -2.06. The number of esters is 1. The van der Waals surface area contributed by atoms with Crippen LogP contribution in [0, 0.1) is 11.3 Å². The summed E-state index contributed by atoms with van der Waals surface area (Å²) in [5.74, 6) is -0.488. The molecular weight excluding hydrogens is 234 g/mol. The van der Waals surface area contributed by atoms with E-state index in [1.54, 1.807) is 18.2 Å². The number of hydrogen-bond acceptors (Lipinski definition) is 5. The molecule has 1 heterocycles. The van der Waals surface area contributed by atoms with Gasteiger partial charge in [-0.3, -0.25) is 9.59 Å². The van der Waals surface area contributed by atoms with Gasteiger partial charge in [0.15, 0.2) is 0 Å². The van der Waals surface area contributed by atoms with Gasteiger partial charge in [-0.25, -0.2) is 5.10 Å². The Morgan fingerprint density at radius 1 is 1.56 bits per heavy atom. The smallest absolute Gasteiger partial charge is 0.309 e. The molecule has 6 heteroatoms. The van der Waals surface area contributed by atoms with Crippen LogP contribution in [0.1, 0.15) is 12.5 Å². The molecule has 0 bridgehead atoms. The van der Waals surface area contributed by atoms with E-state index in [0.29, 0.717) is 16.3 Å². The predicted octanol–water partition coefficient (Wildman–Crippen LogP) is 0.914. The van der Waals surface area contributed by atoms with Gasteiger partial charge in [-0.2, -0.15) is 5.26 Å². The van der Waals surface area contributed by atoms with Gasteiger partial charge in [-0.1, -0.05) is 12.1 Å². The number of aromatic amines is 1. The van der Waals surface area contributed by atoms with Crippen molar-refractivity contribution >= 4 is 16.7 Å². The minimum atomic E-state index is -0.526. The lowest BCUT2D eigenvalue weighted by molar-refractivity contribution is -0.132. The van der Waals surface area contributed by atoms with Crippen molar-refractivity contribution in [3.63, 3.8) is 0 Å². The van der Waals surface area contributed by atoms with E-state index in [1.165, 1.54) is 6.92 Å². The van der Waals surface area contributed by atoms with Gasteiger partial charge in [-0.15, -0.1) is 5.10 Å². The van der Waals surface area contributed by atoms with E-state index in [9.17, 15) is 9.59 Å². The minimum Gasteiger partial charge on any atom is -0.405 e. The number of H-pyrrole nitrogens is 1. The highest BCUT2D eigenvalue weighted by molar-refractivity contribution is 5.90. The number of nitriles is 1. The van der Waals surface area contributed by atoms with Crippen LogP contribution >= 0.6 is 0 Å². The molecule has 0 fully saturated rings. The molecule has 0 saturated carbocycles. The summed E-state index contributed by atoms with van der Waals surface area (Å²) >= 11 is 0. The first-order valence-corrected chi connectivity index (χ1v) is 5.19. The van der Waals surface area contributed by atoms with E-state index in [4.69, 9.17) is 10.00 Å². The van der Waals surface area contributed by atoms with E-state index in [2.05, 4.69) is 10.2 Å². The van der Waals surface area contributed by atoms with E-state index in [0.717, 1.165) is 0 Å². The third kappa shape index (κ3) is 2.06. The summed E-state index contributed by atoms with van der Waals surface area (Å²) < 4.78 is 4.91. The highest BCUT2D eigenvalue weighted by atomic mass is 16.5. The fourth-order valence-corrected chi connectivity index (χ4v) is 1.71. The van der Waals surface area contributed by atoms with Crippen LogP contribution in [-0.4, -0.2) is 16.2 Å². The molecule has 1 N–H and O–H groups in total. The molecule has 0 radical (unpaired) electrons. The van der Waals surface area contributed by atoms with Crippen LogP contribution in [0.2, 0.25) is 0 Å². The number of benzene rings is 1. The van der Waals surface area contributed by atoms with E-state index in [1.807, 2.05) is 6.07 Å². The molecule has 1 aromatic heterocycles. The van der Waals surface area contributed by atoms with Crippen LogP contribution in [0.5, 0.6) is 5.88 Å². The van der Waals surface area contributed by atoms with Crippen molar-refractivity contribution in [2.24, 2.45) is 0 Å². The lowest BCUT2D eigenvalue weighted by Crippen LogP contribution is -2.13. The van der Waals surface area contributed by atoms with Crippen LogP contribution in [0.4, 0.5) is 0 Å². The molecule has 1 aromatic carbocycles. The second-order valence-electron chi connectivity index (χ2n) is 3.63. The molecule has 2 aromatic rings. The SMILES string of the molecule is CC(=O)Oc1n[nH]c(=O)c2c(CC#N)cccc12. The maximum Gasteiger partial charge on any atom is 0.309 e. The molecule has 0 aliphatic rings. The summed E-state index contributed by atoms with van der Waals surface area (Å²) in [5.41, 5.74) is 0.166. The normalized spacial score (nSPS) is 10.0. The topological polar surface area (TPSA) is 95.8 Å². The van der Waals surface area contributed by atoms with Crippen LogP contribution in [0.25, 0.3) is 10.8 Å². The lowest BCUT2D eigenvalue weighted by atomic mass is 10.1. The quantitative estimate of drug-likeness (QED) is 0.791. The number of nitrogens with zero attached hydrogens (tertiary/aromatic N) is 2. The van der Waals surface area contributed by atoms with Crippen LogP contribution < -0.4 is 10.3 Å². The summed E-state index contributed by atoms with van der Waals surface area (Å²) in [6.45, 7) is 1.25. The summed E-state index contributed by atoms with van der Waals surface area (Å²) in [6, 6.07) is 6.97. The molecule has 2 rings (SSSR count). The number of carbonyl (C=O) groups is 1. The summed E-state index contributed by atoms with van der Waals surface area (Å²) in [7, 11) is 0. The van der Waals surface area contributed by atoms with Crippen LogP contribution in [-0.2, 0) is 11.2 Å². The number of hydrogen-bond donors (Lipinski definition) is 1. The molecule has 0 aliphatic carbocycles. The van der Waals surface area contributed by atoms with Gasteiger partial charge in [-0.05, 0) is 11.6 Å². The first kappa shape index (κ1) is 11.8. The first-order chi connectivity index (χ1) is 8.63. The van der Waals surface area contributed by atoms with E-state index in [-0.39, 0.29) is 12.3 Å². The van der Waals surface area contributed by atoms with Gasteiger partial charge in [0, 0.05) is 6.92 Å². The number of nitrogens with one attached hydrogen (secondary N) is 1. The fourth-order valence-electron chi connectivity index (χ4n) is 1.71. The fraction of sp³-hybridized carbons (Fsp3) is 0.167. The van der Waals surface area contributed by atoms with Crippen molar-refractivity contribution in [1.29, 1.82) is 5.26 Å². The summed E-state index contributed by atoms with van der Waals surface area (Å²) in [4.78, 5) is 22.7. The highest BCUT2D eigenvalue weighted by Gasteiger charge is 2.12. The van der Waals surface area contributed by atoms with Crippen molar-refractivity contribution in [2.45, 2.75) is 13.3 Å². The third-order valence-corrected chi connectivity index (χ3v) is 2.38. The minimum absolute atomic E-state index is 0.0388. The van der Waals surface area contributed by atoms with Crippen molar-refractivity contribution in [3.05, 3.63) is 34.1 Å². The molecular formula is C12H9N3O3. The number of rotatable bonds is 2. The maximum absolute atomic E-state index is 11.7. The first-order valence-electron chi connectivity index (χ1n) is 5.19. The Labute approximate surface area is 102 Å². The summed E-state index contributed by atoms with van der Waals surface area (Å²) in [5, 5.41) is 15.4. The Bertz CT molecular complexity index is 713. The third-order valence-electron chi connectivity index (χ3n) is 2.38. The number of ether oxygens (including phenoxy) is 1. The monoisotopic (exact) mass is 243 g/mol. The van der Waals surface area contributed by atoms with Gasteiger partial charge in [0.05, 0.1) is 23.3 Å². The molecule has 0 unspecified atom stereocenters. The largest absolute Gasteiger partial charge is 0.405 e. The van der Waals surface area contributed by atoms with Gasteiger partial charge in [0.2, 0.25) is 5.88 Å².